The Morgan fingerprint density at radius 3 is 2.44 bits per heavy atom. The van der Waals surface area contributed by atoms with Crippen molar-refractivity contribution in [3.63, 3.8) is 0 Å². The van der Waals surface area contributed by atoms with Crippen molar-refractivity contribution < 1.29 is 4.79 Å². The maximum absolute atomic E-state index is 11.1. The third-order valence-electron chi connectivity index (χ3n) is 2.95. The molecule has 0 radical (unpaired) electrons. The summed E-state index contributed by atoms with van der Waals surface area (Å²) in [6, 6.07) is 3.94. The van der Waals surface area contributed by atoms with Crippen LogP contribution in [-0.2, 0) is 5.41 Å². The van der Waals surface area contributed by atoms with Crippen LogP contribution in [0, 0.1) is 0 Å². The fourth-order valence-corrected chi connectivity index (χ4v) is 1.98. The first-order chi connectivity index (χ1) is 8.34. The molecule has 0 saturated carbocycles. The fourth-order valence-electron chi connectivity index (χ4n) is 1.98. The molecular weight excluding hydrogens is 226 g/mol. The van der Waals surface area contributed by atoms with Gasteiger partial charge in [0, 0.05) is 25.7 Å². The Morgan fingerprint density at radius 2 is 1.94 bits per heavy atom. The van der Waals surface area contributed by atoms with Gasteiger partial charge in [-0.05, 0) is 12.1 Å². The maximum atomic E-state index is 11.1. The van der Waals surface area contributed by atoms with E-state index in [9.17, 15) is 4.79 Å². The van der Waals surface area contributed by atoms with Gasteiger partial charge in [-0.1, -0.05) is 20.8 Å². The van der Waals surface area contributed by atoms with Crippen LogP contribution < -0.4 is 4.90 Å². The zero-order chi connectivity index (χ0) is 13.5. The number of pyridine rings is 1. The van der Waals surface area contributed by atoms with Crippen LogP contribution in [0.1, 0.15) is 37.1 Å². The number of carbonyl (C=O) groups excluding carboxylic acids is 1. The van der Waals surface area contributed by atoms with Gasteiger partial charge in [-0.15, -0.1) is 0 Å². The number of fused-ring (bicyclic) bond motifs is 1. The smallest absolute Gasteiger partial charge is 0.170 e. The maximum Gasteiger partial charge on any atom is 0.170 e. The van der Waals surface area contributed by atoms with Crippen LogP contribution in [0.25, 0.3) is 5.52 Å². The molecule has 2 aromatic rings. The normalized spacial score (nSPS) is 11.8. The van der Waals surface area contributed by atoms with Crippen molar-refractivity contribution in [3.05, 3.63) is 29.8 Å². The molecule has 0 aliphatic carbocycles. The minimum atomic E-state index is -0.102. The van der Waals surface area contributed by atoms with E-state index in [2.05, 4.69) is 25.8 Å². The summed E-state index contributed by atoms with van der Waals surface area (Å²) >= 11 is 0. The van der Waals surface area contributed by atoms with Gasteiger partial charge < -0.3 is 9.30 Å². The van der Waals surface area contributed by atoms with Gasteiger partial charge in [0.1, 0.15) is 11.5 Å². The minimum Gasteiger partial charge on any atom is -0.376 e. The number of hydrogen-bond acceptors (Lipinski definition) is 3. The molecule has 2 heterocycles. The first kappa shape index (κ1) is 12.6. The van der Waals surface area contributed by atoms with Crippen LogP contribution in [0.3, 0.4) is 0 Å². The first-order valence-corrected chi connectivity index (χ1v) is 5.99. The lowest BCUT2D eigenvalue weighted by molar-refractivity contribution is 0.112. The lowest BCUT2D eigenvalue weighted by Crippen LogP contribution is -2.16. The summed E-state index contributed by atoms with van der Waals surface area (Å²) in [6.45, 7) is 6.29. The number of carbonyl (C=O) groups is 1. The third kappa shape index (κ3) is 1.98. The highest BCUT2D eigenvalue weighted by Crippen LogP contribution is 2.26. The molecule has 0 amide bonds. The van der Waals surface area contributed by atoms with E-state index in [1.807, 2.05) is 41.7 Å². The van der Waals surface area contributed by atoms with E-state index in [4.69, 9.17) is 0 Å². The van der Waals surface area contributed by atoms with Crippen LogP contribution in [0.15, 0.2) is 18.3 Å². The molecule has 4 nitrogen and oxygen atoms in total. The highest BCUT2D eigenvalue weighted by Gasteiger charge is 2.22. The van der Waals surface area contributed by atoms with Gasteiger partial charge in [0.25, 0.3) is 0 Å². The molecule has 0 spiro atoms. The Hall–Kier alpha value is -1.84. The Labute approximate surface area is 107 Å². The summed E-state index contributed by atoms with van der Waals surface area (Å²) < 4.78 is 2.01. The van der Waals surface area contributed by atoms with E-state index in [0.717, 1.165) is 23.3 Å². The Morgan fingerprint density at radius 1 is 1.28 bits per heavy atom. The Kier molecular flexibility index (Phi) is 2.89. The molecule has 96 valence electrons. The topological polar surface area (TPSA) is 37.6 Å². The summed E-state index contributed by atoms with van der Waals surface area (Å²) in [5.41, 5.74) is 2.35. The second kappa shape index (κ2) is 4.12. The number of nitrogens with zero attached hydrogens (tertiary/aromatic N) is 3. The molecule has 0 bridgehead atoms. The highest BCUT2D eigenvalue weighted by molar-refractivity contribution is 5.84. The predicted octanol–water partition coefficient (Wildman–Crippen LogP) is 2.51. The van der Waals surface area contributed by atoms with Crippen LogP contribution >= 0.6 is 0 Å². The van der Waals surface area contributed by atoms with Gasteiger partial charge in [-0.3, -0.25) is 4.79 Å². The van der Waals surface area contributed by atoms with Gasteiger partial charge in [-0.2, -0.15) is 0 Å². The fraction of sp³-hybridized carbons (Fsp3) is 0.429. The molecule has 0 saturated heterocycles. The molecule has 0 fully saturated rings. The van der Waals surface area contributed by atoms with Gasteiger partial charge in [0.2, 0.25) is 0 Å². The summed E-state index contributed by atoms with van der Waals surface area (Å²) in [5, 5.41) is 0. The van der Waals surface area contributed by atoms with Crippen molar-refractivity contribution in [1.82, 2.24) is 9.38 Å². The lowest BCUT2D eigenvalue weighted by atomic mass is 9.96. The van der Waals surface area contributed by atoms with E-state index in [-0.39, 0.29) is 5.41 Å². The zero-order valence-electron chi connectivity index (χ0n) is 11.6. The molecule has 0 aliphatic heterocycles. The molecule has 0 unspecified atom stereocenters. The summed E-state index contributed by atoms with van der Waals surface area (Å²) in [7, 11) is 3.99. The SMILES string of the molecule is CN(C)c1ccc2c(C=O)nc(C(C)(C)C)n2c1. The van der Waals surface area contributed by atoms with E-state index >= 15 is 0 Å². The van der Waals surface area contributed by atoms with Crippen LogP contribution in [0.5, 0.6) is 0 Å². The number of hydrogen-bond donors (Lipinski definition) is 0. The lowest BCUT2D eigenvalue weighted by Gasteiger charge is -2.18. The number of anilines is 1. The van der Waals surface area contributed by atoms with Crippen molar-refractivity contribution in [2.24, 2.45) is 0 Å². The van der Waals surface area contributed by atoms with Crippen molar-refractivity contribution in [2.75, 3.05) is 19.0 Å². The van der Waals surface area contributed by atoms with Crippen molar-refractivity contribution >= 4 is 17.5 Å². The van der Waals surface area contributed by atoms with Crippen molar-refractivity contribution in [3.8, 4) is 0 Å². The molecular formula is C14H19N3O. The zero-order valence-corrected chi connectivity index (χ0v) is 11.6. The van der Waals surface area contributed by atoms with Gasteiger partial charge in [-0.25, -0.2) is 4.98 Å². The molecule has 2 rings (SSSR count). The molecule has 0 aromatic carbocycles. The Balaban J connectivity index is 2.78. The number of aromatic nitrogens is 2. The average Bonchev–Trinajstić information content (AvgIpc) is 2.66. The summed E-state index contributed by atoms with van der Waals surface area (Å²) in [6.07, 6.45) is 2.84. The Bertz CT molecular complexity index is 591. The molecule has 0 atom stereocenters. The van der Waals surface area contributed by atoms with E-state index in [1.165, 1.54) is 0 Å². The minimum absolute atomic E-state index is 0.102. The van der Waals surface area contributed by atoms with Gasteiger partial charge in [0.15, 0.2) is 6.29 Å². The largest absolute Gasteiger partial charge is 0.376 e. The van der Waals surface area contributed by atoms with E-state index in [0.29, 0.717) is 5.69 Å². The molecule has 4 heteroatoms. The van der Waals surface area contributed by atoms with Crippen LogP contribution in [0.2, 0.25) is 0 Å². The van der Waals surface area contributed by atoms with Gasteiger partial charge >= 0.3 is 0 Å². The quantitative estimate of drug-likeness (QED) is 0.763. The summed E-state index contributed by atoms with van der Waals surface area (Å²) in [4.78, 5) is 17.6. The van der Waals surface area contributed by atoms with Crippen molar-refractivity contribution in [2.45, 2.75) is 26.2 Å². The number of aldehydes is 1. The second-order valence-corrected chi connectivity index (χ2v) is 5.73. The standard InChI is InChI=1S/C14H19N3O/c1-14(2,3)13-15-11(9-18)12-7-6-10(16(4)5)8-17(12)13/h6-9H,1-5H3. The molecule has 2 aromatic heterocycles. The summed E-state index contributed by atoms with van der Waals surface area (Å²) in [5.74, 6) is 0.906. The molecule has 0 aliphatic rings. The van der Waals surface area contributed by atoms with E-state index in [1.54, 1.807) is 0 Å². The first-order valence-electron chi connectivity index (χ1n) is 5.99. The molecule has 0 N–H and O–H groups in total. The highest BCUT2D eigenvalue weighted by atomic mass is 16.1. The average molecular weight is 245 g/mol. The van der Waals surface area contributed by atoms with E-state index < -0.39 is 0 Å². The van der Waals surface area contributed by atoms with Crippen LogP contribution in [0.4, 0.5) is 5.69 Å². The second-order valence-electron chi connectivity index (χ2n) is 5.73. The van der Waals surface area contributed by atoms with Crippen molar-refractivity contribution in [1.29, 1.82) is 0 Å². The number of imidazole rings is 1. The van der Waals surface area contributed by atoms with Gasteiger partial charge in [0.05, 0.1) is 11.2 Å². The third-order valence-corrected chi connectivity index (χ3v) is 2.95. The predicted molar refractivity (Wildman–Crippen MR) is 73.6 cm³/mol. The molecule has 18 heavy (non-hydrogen) atoms. The number of rotatable bonds is 2. The van der Waals surface area contributed by atoms with Crippen LogP contribution in [-0.4, -0.2) is 29.8 Å². The monoisotopic (exact) mass is 245 g/mol.